The molecule has 0 heterocycles. The van der Waals surface area contributed by atoms with Gasteiger partial charge in [0.05, 0.1) is 12.7 Å². The van der Waals surface area contributed by atoms with Crippen molar-refractivity contribution in [2.24, 2.45) is 0 Å². The van der Waals surface area contributed by atoms with Gasteiger partial charge in [0, 0.05) is 6.54 Å². The standard InChI is InChI=1S/C14H23NO2/c1-5-11(3)17-13-8-7-12(10-15-4)9-14(13)16-6-2/h7-9,11,15H,5-6,10H2,1-4H3/t11-/m0/s1. The molecule has 0 unspecified atom stereocenters. The van der Waals surface area contributed by atoms with Gasteiger partial charge in [-0.3, -0.25) is 0 Å². The van der Waals surface area contributed by atoms with E-state index in [2.05, 4.69) is 25.2 Å². The van der Waals surface area contributed by atoms with Crippen LogP contribution in [-0.2, 0) is 6.54 Å². The molecule has 3 heteroatoms. The van der Waals surface area contributed by atoms with Crippen molar-refractivity contribution in [1.29, 1.82) is 0 Å². The fourth-order valence-electron chi connectivity index (χ4n) is 1.53. The number of hydrogen-bond donors (Lipinski definition) is 1. The molecule has 3 nitrogen and oxygen atoms in total. The SMILES string of the molecule is CCOc1cc(CNC)ccc1O[C@@H](C)CC. The zero-order chi connectivity index (χ0) is 12.7. The van der Waals surface area contributed by atoms with Crippen LogP contribution in [0.5, 0.6) is 11.5 Å². The second-order valence-corrected chi connectivity index (χ2v) is 4.08. The van der Waals surface area contributed by atoms with Crippen molar-refractivity contribution in [2.75, 3.05) is 13.7 Å². The first kappa shape index (κ1) is 13.8. The summed E-state index contributed by atoms with van der Waals surface area (Å²) >= 11 is 0. The molecule has 1 atom stereocenters. The molecule has 1 N–H and O–H groups in total. The van der Waals surface area contributed by atoms with Gasteiger partial charge in [-0.15, -0.1) is 0 Å². The van der Waals surface area contributed by atoms with Crippen LogP contribution in [0.4, 0.5) is 0 Å². The van der Waals surface area contributed by atoms with E-state index in [0.717, 1.165) is 24.5 Å². The maximum absolute atomic E-state index is 5.83. The highest BCUT2D eigenvalue weighted by molar-refractivity contribution is 5.43. The molecule has 0 spiro atoms. The second kappa shape index (κ2) is 7.17. The molecule has 0 saturated carbocycles. The maximum atomic E-state index is 5.83. The zero-order valence-corrected chi connectivity index (χ0v) is 11.2. The molecule has 0 fully saturated rings. The van der Waals surface area contributed by atoms with Crippen LogP contribution < -0.4 is 14.8 Å². The topological polar surface area (TPSA) is 30.5 Å². The molecule has 0 bridgehead atoms. The molecule has 1 rings (SSSR count). The highest BCUT2D eigenvalue weighted by Crippen LogP contribution is 2.29. The van der Waals surface area contributed by atoms with Crippen molar-refractivity contribution in [1.82, 2.24) is 5.32 Å². The summed E-state index contributed by atoms with van der Waals surface area (Å²) in [6.07, 6.45) is 1.20. The Hall–Kier alpha value is -1.22. The molecular weight excluding hydrogens is 214 g/mol. The summed E-state index contributed by atoms with van der Waals surface area (Å²) in [4.78, 5) is 0. The van der Waals surface area contributed by atoms with Crippen LogP contribution >= 0.6 is 0 Å². The average Bonchev–Trinajstić information content (AvgIpc) is 2.33. The van der Waals surface area contributed by atoms with E-state index in [-0.39, 0.29) is 6.10 Å². The summed E-state index contributed by atoms with van der Waals surface area (Å²) < 4.78 is 11.5. The summed E-state index contributed by atoms with van der Waals surface area (Å²) in [6, 6.07) is 6.10. The first-order valence-electron chi connectivity index (χ1n) is 6.28. The van der Waals surface area contributed by atoms with Crippen molar-refractivity contribution in [3.63, 3.8) is 0 Å². The Morgan fingerprint density at radius 1 is 1.24 bits per heavy atom. The monoisotopic (exact) mass is 237 g/mol. The molecule has 0 radical (unpaired) electrons. The molecule has 1 aromatic carbocycles. The van der Waals surface area contributed by atoms with Gasteiger partial charge in [0.1, 0.15) is 0 Å². The molecule has 96 valence electrons. The fourth-order valence-corrected chi connectivity index (χ4v) is 1.53. The predicted molar refractivity (Wildman–Crippen MR) is 70.8 cm³/mol. The van der Waals surface area contributed by atoms with Crippen LogP contribution in [-0.4, -0.2) is 19.8 Å². The van der Waals surface area contributed by atoms with Gasteiger partial charge in [0.15, 0.2) is 11.5 Å². The maximum Gasteiger partial charge on any atom is 0.161 e. The highest BCUT2D eigenvalue weighted by Gasteiger charge is 2.09. The zero-order valence-electron chi connectivity index (χ0n) is 11.2. The summed E-state index contributed by atoms with van der Waals surface area (Å²) in [5, 5.41) is 3.13. The Bertz CT molecular complexity index is 339. The smallest absolute Gasteiger partial charge is 0.161 e. The minimum Gasteiger partial charge on any atom is -0.490 e. The molecule has 0 amide bonds. The summed E-state index contributed by atoms with van der Waals surface area (Å²) in [6.45, 7) is 7.65. The lowest BCUT2D eigenvalue weighted by Crippen LogP contribution is -2.11. The lowest BCUT2D eigenvalue weighted by atomic mass is 10.2. The molecule has 17 heavy (non-hydrogen) atoms. The minimum absolute atomic E-state index is 0.212. The average molecular weight is 237 g/mol. The van der Waals surface area contributed by atoms with Gasteiger partial charge >= 0.3 is 0 Å². The Labute approximate surface area is 104 Å². The van der Waals surface area contributed by atoms with Crippen LogP contribution in [0.3, 0.4) is 0 Å². The normalized spacial score (nSPS) is 12.2. The van der Waals surface area contributed by atoms with Gasteiger partial charge < -0.3 is 14.8 Å². The van der Waals surface area contributed by atoms with Crippen LogP contribution in [0.15, 0.2) is 18.2 Å². The molecule has 0 aliphatic carbocycles. The third-order valence-corrected chi connectivity index (χ3v) is 2.59. The third-order valence-electron chi connectivity index (χ3n) is 2.59. The van der Waals surface area contributed by atoms with Crippen molar-refractivity contribution in [3.05, 3.63) is 23.8 Å². The first-order valence-corrected chi connectivity index (χ1v) is 6.28. The summed E-state index contributed by atoms with van der Waals surface area (Å²) in [5.41, 5.74) is 1.20. The minimum atomic E-state index is 0.212. The number of benzene rings is 1. The van der Waals surface area contributed by atoms with Crippen LogP contribution in [0.1, 0.15) is 32.8 Å². The second-order valence-electron chi connectivity index (χ2n) is 4.08. The Morgan fingerprint density at radius 3 is 2.59 bits per heavy atom. The lowest BCUT2D eigenvalue weighted by molar-refractivity contribution is 0.203. The van der Waals surface area contributed by atoms with Gasteiger partial charge in [-0.05, 0) is 45.0 Å². The Kier molecular flexibility index (Phi) is 5.84. The van der Waals surface area contributed by atoms with Gasteiger partial charge in [0.2, 0.25) is 0 Å². The Balaban J connectivity index is 2.87. The number of nitrogens with one attached hydrogen (secondary N) is 1. The molecule has 0 aromatic heterocycles. The number of ether oxygens (including phenoxy) is 2. The van der Waals surface area contributed by atoms with Gasteiger partial charge in [-0.2, -0.15) is 0 Å². The van der Waals surface area contributed by atoms with Gasteiger partial charge in [-0.25, -0.2) is 0 Å². The molecule has 0 saturated heterocycles. The number of rotatable bonds is 7. The number of hydrogen-bond acceptors (Lipinski definition) is 3. The summed E-state index contributed by atoms with van der Waals surface area (Å²) in [5.74, 6) is 1.67. The van der Waals surface area contributed by atoms with E-state index in [4.69, 9.17) is 9.47 Å². The van der Waals surface area contributed by atoms with Crippen molar-refractivity contribution in [2.45, 2.75) is 39.8 Å². The molecular formula is C14H23NO2. The van der Waals surface area contributed by atoms with Crippen molar-refractivity contribution in [3.8, 4) is 11.5 Å². The van der Waals surface area contributed by atoms with Crippen LogP contribution in [0.25, 0.3) is 0 Å². The van der Waals surface area contributed by atoms with E-state index in [1.54, 1.807) is 0 Å². The summed E-state index contributed by atoms with van der Waals surface area (Å²) in [7, 11) is 1.93. The van der Waals surface area contributed by atoms with Gasteiger partial charge in [0.25, 0.3) is 0 Å². The van der Waals surface area contributed by atoms with E-state index < -0.39 is 0 Å². The first-order chi connectivity index (χ1) is 8.21. The Morgan fingerprint density at radius 2 is 2.00 bits per heavy atom. The molecule has 0 aliphatic rings. The van der Waals surface area contributed by atoms with Crippen LogP contribution in [0.2, 0.25) is 0 Å². The van der Waals surface area contributed by atoms with E-state index in [0.29, 0.717) is 6.61 Å². The van der Waals surface area contributed by atoms with E-state index in [1.165, 1.54) is 5.56 Å². The van der Waals surface area contributed by atoms with E-state index >= 15 is 0 Å². The fraction of sp³-hybridized carbons (Fsp3) is 0.571. The molecule has 1 aromatic rings. The van der Waals surface area contributed by atoms with Crippen molar-refractivity contribution < 1.29 is 9.47 Å². The predicted octanol–water partition coefficient (Wildman–Crippen LogP) is 2.98. The van der Waals surface area contributed by atoms with E-state index in [9.17, 15) is 0 Å². The largest absolute Gasteiger partial charge is 0.490 e. The highest BCUT2D eigenvalue weighted by atomic mass is 16.5. The van der Waals surface area contributed by atoms with Crippen molar-refractivity contribution >= 4 is 0 Å². The van der Waals surface area contributed by atoms with Gasteiger partial charge in [-0.1, -0.05) is 13.0 Å². The third kappa shape index (κ3) is 4.27. The lowest BCUT2D eigenvalue weighted by Gasteiger charge is -2.17. The molecule has 0 aliphatic heterocycles. The van der Waals surface area contributed by atoms with E-state index in [1.807, 2.05) is 26.1 Å². The quantitative estimate of drug-likeness (QED) is 0.791. The van der Waals surface area contributed by atoms with Crippen LogP contribution in [0, 0.1) is 0 Å².